The standard InChI is InChI=1S/C15H16FNO3S/c1-3-11-4-7-13(8-5-11)21(18,19)17-12-6-9-15(20-2)14(16)10-12/h4-10,17H,3H2,1-2H3. The normalized spacial score (nSPS) is 11.2. The van der Waals surface area contributed by atoms with Gasteiger partial charge in [-0.1, -0.05) is 19.1 Å². The molecule has 0 atom stereocenters. The van der Waals surface area contributed by atoms with E-state index >= 15 is 0 Å². The second-order valence-electron chi connectivity index (χ2n) is 4.45. The molecule has 0 heterocycles. The van der Waals surface area contributed by atoms with Gasteiger partial charge in [0.15, 0.2) is 11.6 Å². The fourth-order valence-electron chi connectivity index (χ4n) is 1.85. The van der Waals surface area contributed by atoms with Crippen LogP contribution in [0.2, 0.25) is 0 Å². The van der Waals surface area contributed by atoms with Crippen LogP contribution in [0.25, 0.3) is 0 Å². The van der Waals surface area contributed by atoms with Crippen molar-refractivity contribution in [1.29, 1.82) is 0 Å². The monoisotopic (exact) mass is 309 g/mol. The van der Waals surface area contributed by atoms with Crippen LogP contribution < -0.4 is 9.46 Å². The van der Waals surface area contributed by atoms with Gasteiger partial charge in [-0.25, -0.2) is 12.8 Å². The molecule has 112 valence electrons. The van der Waals surface area contributed by atoms with Gasteiger partial charge in [-0.15, -0.1) is 0 Å². The van der Waals surface area contributed by atoms with Gasteiger partial charge in [0.25, 0.3) is 10.0 Å². The van der Waals surface area contributed by atoms with E-state index in [1.165, 1.54) is 31.4 Å². The number of hydrogen-bond acceptors (Lipinski definition) is 3. The topological polar surface area (TPSA) is 55.4 Å². The summed E-state index contributed by atoms with van der Waals surface area (Å²) in [5.74, 6) is -0.565. The zero-order valence-electron chi connectivity index (χ0n) is 11.8. The van der Waals surface area contributed by atoms with Crippen molar-refractivity contribution in [3.63, 3.8) is 0 Å². The van der Waals surface area contributed by atoms with Crippen molar-refractivity contribution in [3.8, 4) is 5.75 Å². The van der Waals surface area contributed by atoms with Gasteiger partial charge in [-0.3, -0.25) is 4.72 Å². The van der Waals surface area contributed by atoms with Crippen LogP contribution in [0.15, 0.2) is 47.4 Å². The summed E-state index contributed by atoms with van der Waals surface area (Å²) in [5.41, 5.74) is 1.19. The first kappa shape index (κ1) is 15.3. The van der Waals surface area contributed by atoms with Crippen LogP contribution >= 0.6 is 0 Å². The van der Waals surface area contributed by atoms with Gasteiger partial charge in [0, 0.05) is 6.07 Å². The second kappa shape index (κ2) is 6.13. The van der Waals surface area contributed by atoms with Gasteiger partial charge < -0.3 is 4.74 Å². The predicted molar refractivity (Wildman–Crippen MR) is 79.6 cm³/mol. The van der Waals surface area contributed by atoms with E-state index in [0.717, 1.165) is 18.1 Å². The summed E-state index contributed by atoms with van der Waals surface area (Å²) in [4.78, 5) is 0.135. The van der Waals surface area contributed by atoms with Crippen molar-refractivity contribution in [2.45, 2.75) is 18.2 Å². The number of aryl methyl sites for hydroxylation is 1. The highest BCUT2D eigenvalue weighted by molar-refractivity contribution is 7.92. The van der Waals surface area contributed by atoms with Crippen molar-refractivity contribution in [2.24, 2.45) is 0 Å². The van der Waals surface area contributed by atoms with Gasteiger partial charge in [0.2, 0.25) is 0 Å². The van der Waals surface area contributed by atoms with Crippen LogP contribution in [-0.2, 0) is 16.4 Å². The maximum Gasteiger partial charge on any atom is 0.261 e. The van der Waals surface area contributed by atoms with Gasteiger partial charge >= 0.3 is 0 Å². The smallest absolute Gasteiger partial charge is 0.261 e. The summed E-state index contributed by atoms with van der Waals surface area (Å²) in [6, 6.07) is 10.5. The first-order chi connectivity index (χ1) is 9.96. The lowest BCUT2D eigenvalue weighted by atomic mass is 10.2. The van der Waals surface area contributed by atoms with Crippen LogP contribution in [0, 0.1) is 5.82 Å². The quantitative estimate of drug-likeness (QED) is 0.923. The number of ether oxygens (including phenoxy) is 1. The van der Waals surface area contributed by atoms with Gasteiger partial charge in [0.1, 0.15) is 0 Å². The molecule has 1 N–H and O–H groups in total. The molecule has 0 aliphatic rings. The predicted octanol–water partition coefficient (Wildman–Crippen LogP) is 3.20. The Hall–Kier alpha value is -2.08. The van der Waals surface area contributed by atoms with Crippen molar-refractivity contribution >= 4 is 15.7 Å². The molecule has 0 bridgehead atoms. The molecule has 0 radical (unpaired) electrons. The zero-order chi connectivity index (χ0) is 15.5. The maximum absolute atomic E-state index is 13.6. The number of hydrogen-bond donors (Lipinski definition) is 1. The SMILES string of the molecule is CCc1ccc(S(=O)(=O)Nc2ccc(OC)c(F)c2)cc1. The molecule has 21 heavy (non-hydrogen) atoms. The molecule has 0 aliphatic heterocycles. The molecular formula is C15H16FNO3S. The Kier molecular flexibility index (Phi) is 4.47. The van der Waals surface area contributed by atoms with Crippen LogP contribution in [0.5, 0.6) is 5.75 Å². The van der Waals surface area contributed by atoms with Crippen LogP contribution in [0.4, 0.5) is 10.1 Å². The Morgan fingerprint density at radius 2 is 1.81 bits per heavy atom. The number of methoxy groups -OCH3 is 1. The van der Waals surface area contributed by atoms with Crippen molar-refractivity contribution in [3.05, 3.63) is 53.8 Å². The molecule has 4 nitrogen and oxygen atoms in total. The van der Waals surface area contributed by atoms with E-state index in [-0.39, 0.29) is 16.3 Å². The van der Waals surface area contributed by atoms with E-state index < -0.39 is 15.8 Å². The lowest BCUT2D eigenvalue weighted by molar-refractivity contribution is 0.386. The van der Waals surface area contributed by atoms with Crippen LogP contribution in [-0.4, -0.2) is 15.5 Å². The molecule has 2 aromatic carbocycles. The van der Waals surface area contributed by atoms with Gasteiger partial charge in [0.05, 0.1) is 17.7 Å². The molecule has 0 unspecified atom stereocenters. The first-order valence-corrected chi connectivity index (χ1v) is 7.90. The zero-order valence-corrected chi connectivity index (χ0v) is 12.6. The average molecular weight is 309 g/mol. The average Bonchev–Trinajstić information content (AvgIpc) is 2.47. The summed E-state index contributed by atoms with van der Waals surface area (Å²) < 4.78 is 45.1. The first-order valence-electron chi connectivity index (χ1n) is 6.41. The number of rotatable bonds is 5. The Morgan fingerprint density at radius 1 is 1.14 bits per heavy atom. The third kappa shape index (κ3) is 3.52. The second-order valence-corrected chi connectivity index (χ2v) is 6.13. The van der Waals surface area contributed by atoms with E-state index in [1.54, 1.807) is 12.1 Å². The number of halogens is 1. The minimum Gasteiger partial charge on any atom is -0.494 e. The Labute approximate surface area is 123 Å². The van der Waals surface area contributed by atoms with Crippen LogP contribution in [0.1, 0.15) is 12.5 Å². The number of nitrogens with one attached hydrogen (secondary N) is 1. The minimum atomic E-state index is -3.73. The third-order valence-electron chi connectivity index (χ3n) is 3.05. The van der Waals surface area contributed by atoms with E-state index in [4.69, 9.17) is 4.74 Å². The highest BCUT2D eigenvalue weighted by Gasteiger charge is 2.15. The largest absolute Gasteiger partial charge is 0.494 e. The molecule has 0 aliphatic carbocycles. The number of benzene rings is 2. The Balaban J connectivity index is 2.26. The molecule has 0 fully saturated rings. The number of sulfonamides is 1. The molecule has 2 rings (SSSR count). The summed E-state index contributed by atoms with van der Waals surface area (Å²) in [5, 5.41) is 0. The minimum absolute atomic E-state index is 0.0604. The summed E-state index contributed by atoms with van der Waals surface area (Å²) in [6.07, 6.45) is 0.831. The molecular weight excluding hydrogens is 293 g/mol. The summed E-state index contributed by atoms with van der Waals surface area (Å²) in [7, 11) is -2.39. The van der Waals surface area contributed by atoms with E-state index in [2.05, 4.69) is 4.72 Å². The molecule has 0 saturated heterocycles. The third-order valence-corrected chi connectivity index (χ3v) is 4.44. The van der Waals surface area contributed by atoms with Crippen LogP contribution in [0.3, 0.4) is 0 Å². The lowest BCUT2D eigenvalue weighted by Crippen LogP contribution is -2.13. The summed E-state index contributed by atoms with van der Waals surface area (Å²) >= 11 is 0. The molecule has 6 heteroatoms. The van der Waals surface area contributed by atoms with Crippen molar-refractivity contribution in [1.82, 2.24) is 0 Å². The molecule has 0 amide bonds. The highest BCUT2D eigenvalue weighted by Crippen LogP contribution is 2.23. The molecule has 0 saturated carbocycles. The fraction of sp³-hybridized carbons (Fsp3) is 0.200. The maximum atomic E-state index is 13.6. The van der Waals surface area contributed by atoms with Crippen molar-refractivity contribution < 1.29 is 17.5 Å². The summed E-state index contributed by atoms with van der Waals surface area (Å²) in [6.45, 7) is 1.99. The lowest BCUT2D eigenvalue weighted by Gasteiger charge is -2.10. The van der Waals surface area contributed by atoms with Crippen molar-refractivity contribution in [2.75, 3.05) is 11.8 Å². The number of anilines is 1. The van der Waals surface area contributed by atoms with Gasteiger partial charge in [-0.2, -0.15) is 0 Å². The van der Waals surface area contributed by atoms with Gasteiger partial charge in [-0.05, 0) is 36.2 Å². The van der Waals surface area contributed by atoms with E-state index in [0.29, 0.717) is 0 Å². The van der Waals surface area contributed by atoms with E-state index in [9.17, 15) is 12.8 Å². The molecule has 0 aromatic heterocycles. The van der Waals surface area contributed by atoms with E-state index in [1.807, 2.05) is 6.92 Å². The molecule has 2 aromatic rings. The molecule has 0 spiro atoms. The Bertz CT molecular complexity index is 727. The Morgan fingerprint density at radius 3 is 2.33 bits per heavy atom. The fourth-order valence-corrected chi connectivity index (χ4v) is 2.90. The highest BCUT2D eigenvalue weighted by atomic mass is 32.2.